The summed E-state index contributed by atoms with van der Waals surface area (Å²) in [7, 11) is 0. The Bertz CT molecular complexity index is 316. The van der Waals surface area contributed by atoms with Gasteiger partial charge in [0.15, 0.2) is 0 Å². The first-order valence-corrected chi connectivity index (χ1v) is 7.76. The third kappa shape index (κ3) is 2.18. The van der Waals surface area contributed by atoms with Gasteiger partial charge in [0.2, 0.25) is 0 Å². The summed E-state index contributed by atoms with van der Waals surface area (Å²) in [5.74, 6) is 0.212. The van der Waals surface area contributed by atoms with E-state index in [2.05, 4.69) is 4.90 Å². The van der Waals surface area contributed by atoms with Crippen LogP contribution in [0.25, 0.3) is 0 Å². The monoisotopic (exact) mass is 251 g/mol. The van der Waals surface area contributed by atoms with Crippen molar-refractivity contribution in [1.29, 1.82) is 0 Å². The van der Waals surface area contributed by atoms with Gasteiger partial charge >= 0.3 is 5.97 Å². The zero-order valence-corrected chi connectivity index (χ0v) is 11.2. The number of piperidine rings is 1. The molecule has 1 heterocycles. The molecule has 3 aliphatic rings. The maximum Gasteiger partial charge on any atom is 0.308 e. The molecule has 0 spiro atoms. The van der Waals surface area contributed by atoms with Gasteiger partial charge in [0.1, 0.15) is 0 Å². The predicted octanol–water partition coefficient (Wildman–Crippen LogP) is 2.89. The second-order valence-electron chi connectivity index (χ2n) is 6.43. The van der Waals surface area contributed by atoms with E-state index in [4.69, 9.17) is 0 Å². The Hall–Kier alpha value is -0.570. The molecular formula is C15H25NO2. The van der Waals surface area contributed by atoms with Crippen molar-refractivity contribution >= 4 is 5.97 Å². The summed E-state index contributed by atoms with van der Waals surface area (Å²) in [6.45, 7) is 1.15. The Morgan fingerprint density at radius 2 is 1.61 bits per heavy atom. The van der Waals surface area contributed by atoms with Crippen molar-refractivity contribution < 1.29 is 9.90 Å². The lowest BCUT2D eigenvalue weighted by Crippen LogP contribution is -2.53. The van der Waals surface area contributed by atoms with Crippen LogP contribution in [-0.4, -0.2) is 34.6 Å². The van der Waals surface area contributed by atoms with Crippen molar-refractivity contribution in [2.24, 2.45) is 11.8 Å². The van der Waals surface area contributed by atoms with Crippen molar-refractivity contribution in [3.8, 4) is 0 Å². The topological polar surface area (TPSA) is 40.5 Å². The summed E-state index contributed by atoms with van der Waals surface area (Å²) >= 11 is 0. The Kier molecular flexibility index (Phi) is 3.60. The van der Waals surface area contributed by atoms with Crippen LogP contribution in [0.1, 0.15) is 57.8 Å². The van der Waals surface area contributed by atoms with Gasteiger partial charge in [0.05, 0.1) is 5.92 Å². The molecule has 2 saturated carbocycles. The van der Waals surface area contributed by atoms with Gasteiger partial charge in [0, 0.05) is 12.1 Å². The van der Waals surface area contributed by atoms with Gasteiger partial charge in [-0.2, -0.15) is 0 Å². The highest BCUT2D eigenvalue weighted by atomic mass is 16.4. The first-order valence-electron chi connectivity index (χ1n) is 7.76. The number of carboxylic acids is 1. The molecule has 0 aromatic carbocycles. The van der Waals surface area contributed by atoms with E-state index in [1.54, 1.807) is 0 Å². The number of carboxylic acid groups (broad SMARTS) is 1. The van der Waals surface area contributed by atoms with Crippen LogP contribution in [0.4, 0.5) is 0 Å². The van der Waals surface area contributed by atoms with Crippen molar-refractivity contribution in [2.45, 2.75) is 69.9 Å². The Morgan fingerprint density at radius 1 is 0.889 bits per heavy atom. The fourth-order valence-corrected chi connectivity index (χ4v) is 4.70. The van der Waals surface area contributed by atoms with E-state index in [1.807, 2.05) is 0 Å². The van der Waals surface area contributed by atoms with Crippen LogP contribution in [0.5, 0.6) is 0 Å². The van der Waals surface area contributed by atoms with Gasteiger partial charge in [-0.15, -0.1) is 0 Å². The summed E-state index contributed by atoms with van der Waals surface area (Å²) in [4.78, 5) is 14.0. The zero-order chi connectivity index (χ0) is 12.5. The number of aliphatic carboxylic acids is 1. The first-order chi connectivity index (χ1) is 8.77. The highest BCUT2D eigenvalue weighted by Crippen LogP contribution is 2.40. The third-order valence-electron chi connectivity index (χ3n) is 5.51. The average Bonchev–Trinajstić information content (AvgIpc) is 2.87. The van der Waals surface area contributed by atoms with Gasteiger partial charge < -0.3 is 5.11 Å². The predicted molar refractivity (Wildman–Crippen MR) is 70.5 cm³/mol. The van der Waals surface area contributed by atoms with Gasteiger partial charge in [-0.05, 0) is 51.0 Å². The summed E-state index contributed by atoms with van der Waals surface area (Å²) < 4.78 is 0. The third-order valence-corrected chi connectivity index (χ3v) is 5.51. The normalized spacial score (nSPS) is 41.6. The first kappa shape index (κ1) is 12.5. The van der Waals surface area contributed by atoms with Crippen molar-refractivity contribution in [1.82, 2.24) is 4.90 Å². The lowest BCUT2D eigenvalue weighted by atomic mass is 9.77. The Labute approximate surface area is 110 Å². The largest absolute Gasteiger partial charge is 0.481 e. The van der Waals surface area contributed by atoms with Crippen LogP contribution >= 0.6 is 0 Å². The second kappa shape index (κ2) is 5.20. The van der Waals surface area contributed by atoms with Gasteiger partial charge in [0.25, 0.3) is 0 Å². The van der Waals surface area contributed by atoms with Crippen LogP contribution in [-0.2, 0) is 4.79 Å². The van der Waals surface area contributed by atoms with E-state index in [0.717, 1.165) is 31.7 Å². The molecule has 102 valence electrons. The number of hydrogen-bond acceptors (Lipinski definition) is 2. The molecule has 0 aromatic rings. The van der Waals surface area contributed by atoms with E-state index in [-0.39, 0.29) is 5.92 Å². The minimum atomic E-state index is -0.560. The molecule has 0 radical (unpaired) electrons. The van der Waals surface area contributed by atoms with E-state index in [1.165, 1.54) is 38.5 Å². The molecule has 1 saturated heterocycles. The van der Waals surface area contributed by atoms with E-state index >= 15 is 0 Å². The molecule has 3 heteroatoms. The van der Waals surface area contributed by atoms with Crippen molar-refractivity contribution in [2.75, 3.05) is 6.54 Å². The minimum absolute atomic E-state index is 0.0920. The number of nitrogens with zero attached hydrogens (tertiary/aromatic N) is 1. The van der Waals surface area contributed by atoms with E-state index in [0.29, 0.717) is 12.1 Å². The van der Waals surface area contributed by atoms with Gasteiger partial charge in [-0.3, -0.25) is 9.69 Å². The molecule has 3 rings (SSSR count). The Morgan fingerprint density at radius 3 is 2.44 bits per heavy atom. The summed E-state index contributed by atoms with van der Waals surface area (Å²) in [6.07, 6.45) is 11.2. The maximum absolute atomic E-state index is 11.4. The number of carbonyl (C=O) groups is 1. The molecule has 0 aromatic heterocycles. The molecule has 0 amide bonds. The van der Waals surface area contributed by atoms with Crippen LogP contribution in [0, 0.1) is 11.8 Å². The van der Waals surface area contributed by atoms with Crippen molar-refractivity contribution in [3.63, 3.8) is 0 Å². The number of likely N-dealkylation sites (tertiary alicyclic amines) is 1. The van der Waals surface area contributed by atoms with Crippen LogP contribution in [0.15, 0.2) is 0 Å². The molecule has 3 nitrogen and oxygen atoms in total. The lowest BCUT2D eigenvalue weighted by molar-refractivity contribution is -0.144. The van der Waals surface area contributed by atoms with Gasteiger partial charge in [-0.25, -0.2) is 0 Å². The van der Waals surface area contributed by atoms with Crippen LogP contribution in [0.3, 0.4) is 0 Å². The average molecular weight is 251 g/mol. The number of rotatable bonds is 2. The van der Waals surface area contributed by atoms with E-state index < -0.39 is 5.97 Å². The molecule has 0 bridgehead atoms. The maximum atomic E-state index is 11.4. The summed E-state index contributed by atoms with van der Waals surface area (Å²) in [5, 5.41) is 9.38. The molecule has 4 atom stereocenters. The van der Waals surface area contributed by atoms with Crippen molar-refractivity contribution in [3.05, 3.63) is 0 Å². The molecular weight excluding hydrogens is 226 g/mol. The summed E-state index contributed by atoms with van der Waals surface area (Å²) in [6, 6.07) is 1.05. The smallest absolute Gasteiger partial charge is 0.308 e. The standard InChI is InChI=1S/C15H25NO2/c17-15(18)12-7-3-9-14(12)16-10-4-6-11-5-1-2-8-13(11)16/h11-14H,1-10H2,(H,17,18). The fourth-order valence-electron chi connectivity index (χ4n) is 4.70. The summed E-state index contributed by atoms with van der Waals surface area (Å²) in [5.41, 5.74) is 0. The molecule has 2 aliphatic carbocycles. The molecule has 1 aliphatic heterocycles. The molecule has 18 heavy (non-hydrogen) atoms. The molecule has 4 unspecified atom stereocenters. The molecule has 1 N–H and O–H groups in total. The highest BCUT2D eigenvalue weighted by Gasteiger charge is 2.43. The highest BCUT2D eigenvalue weighted by molar-refractivity contribution is 5.71. The van der Waals surface area contributed by atoms with Crippen LogP contribution in [0.2, 0.25) is 0 Å². The van der Waals surface area contributed by atoms with E-state index in [9.17, 15) is 9.90 Å². The molecule has 3 fully saturated rings. The zero-order valence-electron chi connectivity index (χ0n) is 11.2. The second-order valence-corrected chi connectivity index (χ2v) is 6.43. The quantitative estimate of drug-likeness (QED) is 0.820. The SMILES string of the molecule is O=C(O)C1CCCC1N1CCCC2CCCCC21. The minimum Gasteiger partial charge on any atom is -0.481 e. The fraction of sp³-hybridized carbons (Fsp3) is 0.933. The Balaban J connectivity index is 1.75. The number of fused-ring (bicyclic) bond motifs is 1. The number of hydrogen-bond donors (Lipinski definition) is 1. The van der Waals surface area contributed by atoms with Crippen LogP contribution < -0.4 is 0 Å². The lowest BCUT2D eigenvalue weighted by Gasteiger charge is -2.47. The van der Waals surface area contributed by atoms with Gasteiger partial charge in [-0.1, -0.05) is 19.3 Å².